The van der Waals surface area contributed by atoms with Gasteiger partial charge in [-0.25, -0.2) is 0 Å². The van der Waals surface area contributed by atoms with Crippen LogP contribution >= 0.6 is 0 Å². The normalized spacial score (nSPS) is 10.3. The highest BCUT2D eigenvalue weighted by Crippen LogP contribution is 2.05. The minimum Gasteiger partial charge on any atom is -0.120 e. The van der Waals surface area contributed by atoms with Crippen molar-refractivity contribution in [2.75, 3.05) is 0 Å². The molecule has 0 aliphatic carbocycles. The van der Waals surface area contributed by atoms with Crippen LogP contribution < -0.4 is 0 Å². The van der Waals surface area contributed by atoms with Crippen molar-refractivity contribution in [1.82, 2.24) is 0 Å². The molecule has 0 atom stereocenters. The van der Waals surface area contributed by atoms with Crippen LogP contribution in [0, 0.1) is 12.3 Å². The number of terminal acetylenes is 1. The molecule has 0 unspecified atom stereocenters. The highest BCUT2D eigenvalue weighted by Gasteiger charge is 1.85. The highest BCUT2D eigenvalue weighted by molar-refractivity contribution is 4.96. The van der Waals surface area contributed by atoms with E-state index in [1.165, 1.54) is 38.5 Å². The van der Waals surface area contributed by atoms with Gasteiger partial charge in [-0.1, -0.05) is 44.8 Å². The third kappa shape index (κ3) is 9.30. The summed E-state index contributed by atoms with van der Waals surface area (Å²) in [5, 5.41) is 0. The smallest absolute Gasteiger partial charge is 0.0267 e. The summed E-state index contributed by atoms with van der Waals surface area (Å²) in [6, 6.07) is 0. The van der Waals surface area contributed by atoms with Crippen molar-refractivity contribution >= 4 is 0 Å². The fraction of sp³-hybridized carbons (Fsp3) is 0.667. The maximum Gasteiger partial charge on any atom is 0.0267 e. The Kier molecular flexibility index (Phi) is 9.70. The van der Waals surface area contributed by atoms with E-state index in [1.807, 2.05) is 0 Å². The van der Waals surface area contributed by atoms with E-state index in [4.69, 9.17) is 6.42 Å². The van der Waals surface area contributed by atoms with Crippen LogP contribution in [0.4, 0.5) is 0 Å². The van der Waals surface area contributed by atoms with Gasteiger partial charge >= 0.3 is 0 Å². The molecule has 0 spiro atoms. The van der Waals surface area contributed by atoms with Crippen LogP contribution in [0.3, 0.4) is 0 Å². The SMILES string of the molecule is C#CC/C=C\CCCCCCC. The fourth-order valence-electron chi connectivity index (χ4n) is 1.13. The molecule has 0 aromatic rings. The van der Waals surface area contributed by atoms with Crippen molar-refractivity contribution in [3.63, 3.8) is 0 Å². The third-order valence-corrected chi connectivity index (χ3v) is 1.88. The molecule has 0 fully saturated rings. The van der Waals surface area contributed by atoms with Gasteiger partial charge in [0.2, 0.25) is 0 Å². The molecule has 0 radical (unpaired) electrons. The molecule has 0 aliphatic rings. The van der Waals surface area contributed by atoms with Gasteiger partial charge in [0.25, 0.3) is 0 Å². The van der Waals surface area contributed by atoms with E-state index in [2.05, 4.69) is 25.0 Å². The van der Waals surface area contributed by atoms with Gasteiger partial charge < -0.3 is 0 Å². The van der Waals surface area contributed by atoms with Crippen LogP contribution in [0.2, 0.25) is 0 Å². The van der Waals surface area contributed by atoms with E-state index in [1.54, 1.807) is 0 Å². The third-order valence-electron chi connectivity index (χ3n) is 1.88. The van der Waals surface area contributed by atoms with Crippen LogP contribution in [-0.4, -0.2) is 0 Å². The van der Waals surface area contributed by atoms with E-state index in [0.29, 0.717) is 0 Å². The predicted octanol–water partition coefficient (Wildman–Crippen LogP) is 3.93. The van der Waals surface area contributed by atoms with Crippen molar-refractivity contribution < 1.29 is 0 Å². The van der Waals surface area contributed by atoms with Gasteiger partial charge in [0.1, 0.15) is 0 Å². The second kappa shape index (κ2) is 10.3. The Balaban J connectivity index is 2.96. The van der Waals surface area contributed by atoms with Crippen LogP contribution in [0.5, 0.6) is 0 Å². The summed E-state index contributed by atoms with van der Waals surface area (Å²) >= 11 is 0. The average Bonchev–Trinajstić information content (AvgIpc) is 2.10. The summed E-state index contributed by atoms with van der Waals surface area (Å²) in [6.07, 6.45) is 18.2. The lowest BCUT2D eigenvalue weighted by Crippen LogP contribution is -1.75. The van der Waals surface area contributed by atoms with Crippen LogP contribution in [0.1, 0.15) is 51.9 Å². The summed E-state index contributed by atoms with van der Waals surface area (Å²) < 4.78 is 0. The molecule has 12 heavy (non-hydrogen) atoms. The van der Waals surface area contributed by atoms with E-state index >= 15 is 0 Å². The van der Waals surface area contributed by atoms with Crippen molar-refractivity contribution in [3.05, 3.63) is 12.2 Å². The number of rotatable bonds is 7. The molecule has 0 heterocycles. The zero-order valence-electron chi connectivity index (χ0n) is 8.18. The summed E-state index contributed by atoms with van der Waals surface area (Å²) in [5.41, 5.74) is 0. The molecular formula is C12H20. The van der Waals surface area contributed by atoms with Gasteiger partial charge in [0.15, 0.2) is 0 Å². The van der Waals surface area contributed by atoms with Gasteiger partial charge in [0, 0.05) is 6.42 Å². The molecule has 0 N–H and O–H groups in total. The molecule has 0 aliphatic heterocycles. The van der Waals surface area contributed by atoms with Gasteiger partial charge in [-0.3, -0.25) is 0 Å². The first kappa shape index (κ1) is 11.3. The zero-order valence-corrected chi connectivity index (χ0v) is 8.18. The largest absolute Gasteiger partial charge is 0.120 e. The average molecular weight is 164 g/mol. The molecule has 0 heteroatoms. The molecular weight excluding hydrogens is 144 g/mol. The van der Waals surface area contributed by atoms with Crippen molar-refractivity contribution in [2.24, 2.45) is 0 Å². The first-order chi connectivity index (χ1) is 5.91. The minimum absolute atomic E-state index is 0.787. The van der Waals surface area contributed by atoms with Crippen LogP contribution in [-0.2, 0) is 0 Å². The Hall–Kier alpha value is -0.700. The van der Waals surface area contributed by atoms with Crippen LogP contribution in [0.25, 0.3) is 0 Å². The molecule has 0 aromatic carbocycles. The maximum atomic E-state index is 5.11. The van der Waals surface area contributed by atoms with Gasteiger partial charge in [0.05, 0.1) is 0 Å². The summed E-state index contributed by atoms with van der Waals surface area (Å²) in [4.78, 5) is 0. The first-order valence-electron chi connectivity index (χ1n) is 5.00. The lowest BCUT2D eigenvalue weighted by Gasteiger charge is -1.95. The Labute approximate surface area is 77.1 Å². The second-order valence-corrected chi connectivity index (χ2v) is 3.08. The summed E-state index contributed by atoms with van der Waals surface area (Å²) in [5.74, 6) is 2.59. The quantitative estimate of drug-likeness (QED) is 0.304. The van der Waals surface area contributed by atoms with Crippen LogP contribution in [0.15, 0.2) is 12.2 Å². The maximum absolute atomic E-state index is 5.11. The Morgan fingerprint density at radius 3 is 2.50 bits per heavy atom. The molecule has 0 bridgehead atoms. The molecule has 0 saturated heterocycles. The van der Waals surface area contributed by atoms with E-state index in [-0.39, 0.29) is 0 Å². The Morgan fingerprint density at radius 1 is 1.08 bits per heavy atom. The van der Waals surface area contributed by atoms with E-state index in [9.17, 15) is 0 Å². The van der Waals surface area contributed by atoms with Gasteiger partial charge in [-0.2, -0.15) is 0 Å². The predicted molar refractivity (Wildman–Crippen MR) is 56.0 cm³/mol. The number of hydrogen-bond donors (Lipinski definition) is 0. The molecule has 0 aromatic heterocycles. The molecule has 68 valence electrons. The lowest BCUT2D eigenvalue weighted by molar-refractivity contribution is 0.637. The molecule has 0 saturated carbocycles. The second-order valence-electron chi connectivity index (χ2n) is 3.08. The highest BCUT2D eigenvalue weighted by atomic mass is 13.9. The van der Waals surface area contributed by atoms with Gasteiger partial charge in [-0.05, 0) is 12.8 Å². The van der Waals surface area contributed by atoms with Crippen molar-refractivity contribution in [2.45, 2.75) is 51.9 Å². The fourth-order valence-corrected chi connectivity index (χ4v) is 1.13. The zero-order chi connectivity index (χ0) is 9.07. The number of hydrogen-bond acceptors (Lipinski definition) is 0. The Morgan fingerprint density at radius 2 is 1.83 bits per heavy atom. The summed E-state index contributed by atoms with van der Waals surface area (Å²) in [6.45, 7) is 2.24. The van der Waals surface area contributed by atoms with E-state index < -0.39 is 0 Å². The standard InChI is InChI=1S/C12H20/c1-3-5-7-9-11-12-10-8-6-4-2/h1,7,9H,4-6,8,10-12H2,2H3/b9-7-. The van der Waals surface area contributed by atoms with Gasteiger partial charge in [-0.15, -0.1) is 12.3 Å². The minimum atomic E-state index is 0.787. The van der Waals surface area contributed by atoms with E-state index in [0.717, 1.165) is 6.42 Å². The first-order valence-corrected chi connectivity index (χ1v) is 5.00. The topological polar surface area (TPSA) is 0 Å². The molecule has 0 rings (SSSR count). The molecule has 0 nitrogen and oxygen atoms in total. The Bertz CT molecular complexity index is 137. The van der Waals surface area contributed by atoms with Crippen molar-refractivity contribution in [3.8, 4) is 12.3 Å². The number of unbranched alkanes of at least 4 members (excludes halogenated alkanes) is 5. The summed E-state index contributed by atoms with van der Waals surface area (Å²) in [7, 11) is 0. The number of allylic oxidation sites excluding steroid dienone is 2. The monoisotopic (exact) mass is 164 g/mol. The lowest BCUT2D eigenvalue weighted by atomic mass is 10.1. The molecule has 0 amide bonds. The van der Waals surface area contributed by atoms with Crippen molar-refractivity contribution in [1.29, 1.82) is 0 Å².